The van der Waals surface area contributed by atoms with E-state index >= 15 is 0 Å². The molecule has 0 amide bonds. The van der Waals surface area contributed by atoms with E-state index in [-0.39, 0.29) is 12.1 Å². The molecule has 0 atom stereocenters. The molecule has 142 valence electrons. The number of benzene rings is 1. The normalized spacial score (nSPS) is 12.2. The van der Waals surface area contributed by atoms with Crippen molar-refractivity contribution in [3.05, 3.63) is 46.2 Å². The van der Waals surface area contributed by atoms with Crippen LogP contribution in [0.15, 0.2) is 28.6 Å². The fourth-order valence-corrected chi connectivity index (χ4v) is 2.88. The molecule has 0 fully saturated rings. The van der Waals surface area contributed by atoms with Gasteiger partial charge < -0.3 is 15.5 Å². The number of thiazole rings is 1. The van der Waals surface area contributed by atoms with Crippen LogP contribution in [0.4, 0.5) is 22.7 Å². The molecule has 2 aromatic rings. The molecule has 0 aliphatic carbocycles. The van der Waals surface area contributed by atoms with E-state index in [2.05, 4.69) is 20.6 Å². The van der Waals surface area contributed by atoms with E-state index in [1.807, 2.05) is 24.4 Å². The second kappa shape index (κ2) is 8.35. The maximum Gasteiger partial charge on any atom is 0.416 e. The summed E-state index contributed by atoms with van der Waals surface area (Å²) < 4.78 is 52.2. The zero-order valence-corrected chi connectivity index (χ0v) is 15.3. The number of alkyl halides is 3. The Kier molecular flexibility index (Phi) is 6.41. The summed E-state index contributed by atoms with van der Waals surface area (Å²) in [4.78, 5) is 10.3. The van der Waals surface area contributed by atoms with E-state index in [0.717, 1.165) is 23.0 Å². The second-order valence-corrected chi connectivity index (χ2v) is 6.43. The fraction of sp³-hybridized carbons (Fsp3) is 0.375. The zero-order valence-electron chi connectivity index (χ0n) is 14.5. The summed E-state index contributed by atoms with van der Waals surface area (Å²) in [7, 11) is 5.28. The fourth-order valence-electron chi connectivity index (χ4n) is 2.12. The molecule has 26 heavy (non-hydrogen) atoms. The predicted octanol–water partition coefficient (Wildman–Crippen LogP) is 3.23. The number of rotatable bonds is 5. The van der Waals surface area contributed by atoms with Gasteiger partial charge in [0.25, 0.3) is 0 Å². The van der Waals surface area contributed by atoms with E-state index in [1.54, 1.807) is 0 Å². The van der Waals surface area contributed by atoms with Gasteiger partial charge in [0.05, 0.1) is 17.8 Å². The van der Waals surface area contributed by atoms with Gasteiger partial charge in [0.15, 0.2) is 11.1 Å². The van der Waals surface area contributed by atoms with Crippen molar-refractivity contribution in [1.29, 1.82) is 0 Å². The molecule has 0 aliphatic rings. The molecule has 1 heterocycles. The number of guanidine groups is 1. The first-order chi connectivity index (χ1) is 12.2. The summed E-state index contributed by atoms with van der Waals surface area (Å²) >= 11 is 1.49. The van der Waals surface area contributed by atoms with Crippen molar-refractivity contribution >= 4 is 22.4 Å². The molecular weight excluding hydrogens is 370 g/mol. The van der Waals surface area contributed by atoms with Gasteiger partial charge in [-0.2, -0.15) is 13.2 Å². The Morgan fingerprint density at radius 2 is 1.92 bits per heavy atom. The lowest BCUT2D eigenvalue weighted by Crippen LogP contribution is -2.36. The van der Waals surface area contributed by atoms with Gasteiger partial charge in [-0.3, -0.25) is 4.99 Å². The van der Waals surface area contributed by atoms with E-state index in [1.165, 1.54) is 18.4 Å². The standard InChI is InChI=1S/C16H19F4N5S/c1-21-14(23-8-12-9-26-15(24-12)25(2)3)22-7-10-4-5-11(17)6-13(10)16(18,19)20/h4-6,9H,7-8H2,1-3H3,(H2,21,22,23). The van der Waals surface area contributed by atoms with Crippen LogP contribution < -0.4 is 15.5 Å². The van der Waals surface area contributed by atoms with Gasteiger partial charge >= 0.3 is 6.18 Å². The van der Waals surface area contributed by atoms with Crippen molar-refractivity contribution < 1.29 is 17.6 Å². The van der Waals surface area contributed by atoms with Gasteiger partial charge in [-0.25, -0.2) is 9.37 Å². The van der Waals surface area contributed by atoms with Gasteiger partial charge in [0, 0.05) is 33.1 Å². The molecule has 0 saturated heterocycles. The van der Waals surface area contributed by atoms with Crippen LogP contribution in [0.2, 0.25) is 0 Å². The average molecular weight is 389 g/mol. The largest absolute Gasteiger partial charge is 0.416 e. The highest BCUT2D eigenvalue weighted by Gasteiger charge is 2.33. The first-order valence-corrected chi connectivity index (χ1v) is 8.50. The predicted molar refractivity (Wildman–Crippen MR) is 94.9 cm³/mol. The number of anilines is 1. The third kappa shape index (κ3) is 5.32. The van der Waals surface area contributed by atoms with E-state index in [4.69, 9.17) is 0 Å². The smallest absolute Gasteiger partial charge is 0.354 e. The maximum atomic E-state index is 13.1. The van der Waals surface area contributed by atoms with E-state index < -0.39 is 17.6 Å². The Morgan fingerprint density at radius 3 is 2.50 bits per heavy atom. The number of halogens is 4. The van der Waals surface area contributed by atoms with Crippen LogP contribution in [0.5, 0.6) is 0 Å². The monoisotopic (exact) mass is 389 g/mol. The molecule has 0 radical (unpaired) electrons. The van der Waals surface area contributed by atoms with Crippen LogP contribution in [0.1, 0.15) is 16.8 Å². The van der Waals surface area contributed by atoms with Gasteiger partial charge in [0.2, 0.25) is 0 Å². The highest BCUT2D eigenvalue weighted by molar-refractivity contribution is 7.13. The number of aliphatic imine (C=N–C) groups is 1. The van der Waals surface area contributed by atoms with Crippen molar-refractivity contribution in [3.63, 3.8) is 0 Å². The summed E-state index contributed by atoms with van der Waals surface area (Å²) in [5.74, 6) is -0.606. The number of nitrogens with one attached hydrogen (secondary N) is 2. The van der Waals surface area contributed by atoms with Gasteiger partial charge in [-0.05, 0) is 17.7 Å². The van der Waals surface area contributed by atoms with Gasteiger partial charge in [-0.15, -0.1) is 11.3 Å². The van der Waals surface area contributed by atoms with Crippen LogP contribution in [0, 0.1) is 5.82 Å². The molecule has 1 aromatic carbocycles. The number of nitrogens with zero attached hydrogens (tertiary/aromatic N) is 3. The molecular formula is C16H19F4N5S. The van der Waals surface area contributed by atoms with Crippen molar-refractivity contribution in [2.75, 3.05) is 26.0 Å². The zero-order chi connectivity index (χ0) is 19.3. The maximum absolute atomic E-state index is 13.1. The third-order valence-corrected chi connectivity index (χ3v) is 4.46. The number of hydrogen-bond donors (Lipinski definition) is 2. The lowest BCUT2D eigenvalue weighted by Gasteiger charge is -2.15. The molecule has 0 unspecified atom stereocenters. The lowest BCUT2D eigenvalue weighted by atomic mass is 10.1. The van der Waals surface area contributed by atoms with Crippen LogP contribution in [0.25, 0.3) is 0 Å². The molecule has 0 bridgehead atoms. The lowest BCUT2D eigenvalue weighted by molar-refractivity contribution is -0.138. The molecule has 1 aromatic heterocycles. The Labute approximate surface area is 152 Å². The molecule has 0 saturated carbocycles. The van der Waals surface area contributed by atoms with Crippen molar-refractivity contribution in [3.8, 4) is 0 Å². The van der Waals surface area contributed by atoms with Gasteiger partial charge in [0.1, 0.15) is 5.82 Å². The summed E-state index contributed by atoms with van der Waals surface area (Å²) in [5, 5.41) is 8.53. The van der Waals surface area contributed by atoms with Gasteiger partial charge in [-0.1, -0.05) is 6.07 Å². The summed E-state index contributed by atoms with van der Waals surface area (Å²) in [6.07, 6.45) is -4.63. The minimum atomic E-state index is -4.63. The first kappa shape index (κ1) is 20.0. The minimum absolute atomic E-state index is 0.0644. The Hall–Kier alpha value is -2.36. The van der Waals surface area contributed by atoms with Crippen LogP contribution in [0.3, 0.4) is 0 Å². The topological polar surface area (TPSA) is 52.6 Å². The Balaban J connectivity index is 1.99. The molecule has 0 aliphatic heterocycles. The average Bonchev–Trinajstić information content (AvgIpc) is 3.04. The van der Waals surface area contributed by atoms with Crippen molar-refractivity contribution in [2.24, 2.45) is 4.99 Å². The minimum Gasteiger partial charge on any atom is -0.354 e. The second-order valence-electron chi connectivity index (χ2n) is 5.59. The third-order valence-electron chi connectivity index (χ3n) is 3.41. The molecule has 0 spiro atoms. The van der Waals surface area contributed by atoms with E-state index in [0.29, 0.717) is 18.6 Å². The molecule has 10 heteroatoms. The summed E-state index contributed by atoms with van der Waals surface area (Å²) in [6.45, 7) is 0.231. The number of hydrogen-bond acceptors (Lipinski definition) is 4. The van der Waals surface area contributed by atoms with Crippen LogP contribution in [-0.2, 0) is 19.3 Å². The highest BCUT2D eigenvalue weighted by Crippen LogP contribution is 2.32. The summed E-state index contributed by atoms with van der Waals surface area (Å²) in [5.41, 5.74) is -0.277. The quantitative estimate of drug-likeness (QED) is 0.468. The van der Waals surface area contributed by atoms with Crippen LogP contribution in [-0.4, -0.2) is 32.1 Å². The first-order valence-electron chi connectivity index (χ1n) is 7.62. The summed E-state index contributed by atoms with van der Waals surface area (Å²) in [6, 6.07) is 2.61. The molecule has 2 N–H and O–H groups in total. The number of aromatic nitrogens is 1. The Bertz CT molecular complexity index is 770. The molecule has 5 nitrogen and oxygen atoms in total. The highest BCUT2D eigenvalue weighted by atomic mass is 32.1. The van der Waals surface area contributed by atoms with E-state index in [9.17, 15) is 17.6 Å². The van der Waals surface area contributed by atoms with Crippen LogP contribution >= 0.6 is 11.3 Å². The molecule has 2 rings (SSSR count). The Morgan fingerprint density at radius 1 is 1.23 bits per heavy atom. The van der Waals surface area contributed by atoms with Crippen molar-refractivity contribution in [2.45, 2.75) is 19.3 Å². The SMILES string of the molecule is CN=C(NCc1csc(N(C)C)n1)NCc1ccc(F)cc1C(F)(F)F. The van der Waals surface area contributed by atoms with Crippen molar-refractivity contribution in [1.82, 2.24) is 15.6 Å².